The average Bonchev–Trinajstić information content (AvgIpc) is 2.70. The van der Waals surface area contributed by atoms with Gasteiger partial charge in [-0.05, 0) is 61.2 Å². The Hall–Kier alpha value is -3.23. The standard InChI is InChI=1S/C22H21F4N3O2/c1-4-17(20(30)27-11-14-5-7-15(23)8-6-14)29-18-10-13(3)12(2)9-16(18)28-19(21(29)31)22(24,25)26/h5-10,17H,4,11H2,1-3H3,(H,27,30)/t17-/m1/s1. The summed E-state index contributed by atoms with van der Waals surface area (Å²) in [6.07, 6.45) is -4.88. The van der Waals surface area contributed by atoms with Gasteiger partial charge >= 0.3 is 6.18 Å². The van der Waals surface area contributed by atoms with E-state index in [4.69, 9.17) is 0 Å². The first-order chi connectivity index (χ1) is 14.5. The number of nitrogens with zero attached hydrogens (tertiary/aromatic N) is 2. The summed E-state index contributed by atoms with van der Waals surface area (Å²) >= 11 is 0. The van der Waals surface area contributed by atoms with Crippen LogP contribution >= 0.6 is 0 Å². The van der Waals surface area contributed by atoms with Crippen molar-refractivity contribution in [1.29, 1.82) is 0 Å². The zero-order valence-corrected chi connectivity index (χ0v) is 17.2. The number of alkyl halides is 3. The predicted octanol–water partition coefficient (Wildman–Crippen LogP) is 4.44. The lowest BCUT2D eigenvalue weighted by Gasteiger charge is -2.22. The Balaban J connectivity index is 2.09. The van der Waals surface area contributed by atoms with Gasteiger partial charge in [0.25, 0.3) is 5.56 Å². The van der Waals surface area contributed by atoms with Gasteiger partial charge in [0, 0.05) is 6.54 Å². The van der Waals surface area contributed by atoms with Crippen LogP contribution in [0.4, 0.5) is 17.6 Å². The summed E-state index contributed by atoms with van der Waals surface area (Å²) in [6, 6.07) is 7.30. The predicted molar refractivity (Wildman–Crippen MR) is 108 cm³/mol. The molecule has 0 bridgehead atoms. The van der Waals surface area contributed by atoms with E-state index in [2.05, 4.69) is 10.3 Å². The number of carbonyl (C=O) groups excluding carboxylic acids is 1. The van der Waals surface area contributed by atoms with Crippen molar-refractivity contribution in [3.05, 3.63) is 75.0 Å². The molecule has 0 aliphatic heterocycles. The highest BCUT2D eigenvalue weighted by Crippen LogP contribution is 2.29. The van der Waals surface area contributed by atoms with Crippen molar-refractivity contribution in [3.8, 4) is 0 Å². The lowest BCUT2D eigenvalue weighted by atomic mass is 10.1. The van der Waals surface area contributed by atoms with E-state index in [1.807, 2.05) is 0 Å². The molecule has 5 nitrogen and oxygen atoms in total. The van der Waals surface area contributed by atoms with Gasteiger partial charge in [-0.1, -0.05) is 19.1 Å². The molecule has 0 aliphatic carbocycles. The summed E-state index contributed by atoms with van der Waals surface area (Å²) in [6.45, 7) is 5.13. The SMILES string of the molecule is CC[C@H](C(=O)NCc1ccc(F)cc1)n1c(=O)c(C(F)(F)F)nc2cc(C)c(C)cc21. The molecule has 1 amide bonds. The molecule has 0 saturated carbocycles. The fourth-order valence-electron chi connectivity index (χ4n) is 3.35. The summed E-state index contributed by atoms with van der Waals surface area (Å²) in [5, 5.41) is 2.62. The summed E-state index contributed by atoms with van der Waals surface area (Å²) in [5.41, 5.74) is -0.709. The van der Waals surface area contributed by atoms with E-state index in [1.54, 1.807) is 26.8 Å². The molecule has 0 fully saturated rings. The van der Waals surface area contributed by atoms with Crippen molar-refractivity contribution in [2.75, 3.05) is 0 Å². The molecule has 164 valence electrons. The topological polar surface area (TPSA) is 64.0 Å². The fourth-order valence-corrected chi connectivity index (χ4v) is 3.35. The number of carbonyl (C=O) groups is 1. The maximum absolute atomic E-state index is 13.5. The summed E-state index contributed by atoms with van der Waals surface area (Å²) in [7, 11) is 0. The number of hydrogen-bond donors (Lipinski definition) is 1. The van der Waals surface area contributed by atoms with Gasteiger partial charge in [0.1, 0.15) is 11.9 Å². The van der Waals surface area contributed by atoms with Crippen LogP contribution in [0.1, 0.15) is 41.8 Å². The fraction of sp³-hybridized carbons (Fsp3) is 0.318. The third-order valence-corrected chi connectivity index (χ3v) is 5.15. The van der Waals surface area contributed by atoms with Gasteiger partial charge in [0.05, 0.1) is 11.0 Å². The summed E-state index contributed by atoms with van der Waals surface area (Å²) < 4.78 is 54.4. The minimum absolute atomic E-state index is 0.0141. The van der Waals surface area contributed by atoms with Crippen molar-refractivity contribution in [2.45, 2.75) is 46.0 Å². The van der Waals surface area contributed by atoms with Crippen LogP contribution in [-0.2, 0) is 17.5 Å². The number of amides is 1. The van der Waals surface area contributed by atoms with Crippen LogP contribution in [0.15, 0.2) is 41.2 Å². The van der Waals surface area contributed by atoms with Crippen molar-refractivity contribution in [2.24, 2.45) is 0 Å². The number of benzene rings is 2. The third kappa shape index (κ3) is 4.60. The maximum Gasteiger partial charge on any atom is 0.438 e. The van der Waals surface area contributed by atoms with Gasteiger partial charge in [0.15, 0.2) is 0 Å². The Kier molecular flexibility index (Phi) is 6.15. The van der Waals surface area contributed by atoms with Crippen LogP contribution in [0, 0.1) is 19.7 Å². The molecule has 1 atom stereocenters. The van der Waals surface area contributed by atoms with Gasteiger partial charge < -0.3 is 5.32 Å². The van der Waals surface area contributed by atoms with Crippen LogP contribution in [0.2, 0.25) is 0 Å². The Morgan fingerprint density at radius 1 is 1.13 bits per heavy atom. The highest BCUT2D eigenvalue weighted by atomic mass is 19.4. The molecule has 1 heterocycles. The molecule has 31 heavy (non-hydrogen) atoms. The second-order valence-corrected chi connectivity index (χ2v) is 7.33. The van der Waals surface area contributed by atoms with Crippen molar-refractivity contribution < 1.29 is 22.4 Å². The zero-order valence-electron chi connectivity index (χ0n) is 17.2. The molecule has 3 rings (SSSR count). The number of hydrogen-bond acceptors (Lipinski definition) is 3. The molecule has 0 unspecified atom stereocenters. The summed E-state index contributed by atoms with van der Waals surface area (Å²) in [5.74, 6) is -1.05. The molecule has 0 saturated heterocycles. The van der Waals surface area contributed by atoms with Crippen LogP contribution < -0.4 is 10.9 Å². The molecule has 0 spiro atoms. The molecule has 1 aromatic heterocycles. The first kappa shape index (κ1) is 22.5. The molecule has 1 N–H and O–H groups in total. The molecular weight excluding hydrogens is 414 g/mol. The highest BCUT2D eigenvalue weighted by Gasteiger charge is 2.38. The van der Waals surface area contributed by atoms with E-state index in [0.717, 1.165) is 10.1 Å². The van der Waals surface area contributed by atoms with E-state index < -0.39 is 35.2 Å². The summed E-state index contributed by atoms with van der Waals surface area (Å²) in [4.78, 5) is 29.2. The maximum atomic E-state index is 13.5. The van der Waals surface area contributed by atoms with Crippen LogP contribution in [0.5, 0.6) is 0 Å². The Morgan fingerprint density at radius 2 is 1.74 bits per heavy atom. The molecule has 9 heteroatoms. The average molecular weight is 435 g/mol. The molecule has 2 aromatic carbocycles. The Bertz CT molecular complexity index is 1180. The number of aryl methyl sites for hydroxylation is 2. The monoisotopic (exact) mass is 435 g/mol. The van der Waals surface area contributed by atoms with Gasteiger partial charge in [-0.2, -0.15) is 13.2 Å². The lowest BCUT2D eigenvalue weighted by Crippen LogP contribution is -2.40. The van der Waals surface area contributed by atoms with Gasteiger partial charge in [-0.25, -0.2) is 9.37 Å². The number of nitrogens with one attached hydrogen (secondary N) is 1. The van der Waals surface area contributed by atoms with Crippen LogP contribution in [0.25, 0.3) is 11.0 Å². The number of rotatable bonds is 5. The second kappa shape index (κ2) is 8.49. The second-order valence-electron chi connectivity index (χ2n) is 7.33. The minimum atomic E-state index is -4.96. The van der Waals surface area contributed by atoms with Crippen LogP contribution in [0.3, 0.4) is 0 Å². The van der Waals surface area contributed by atoms with Gasteiger partial charge in [-0.3, -0.25) is 14.2 Å². The van der Waals surface area contributed by atoms with Crippen molar-refractivity contribution in [3.63, 3.8) is 0 Å². The minimum Gasteiger partial charge on any atom is -0.350 e. The normalized spacial score (nSPS) is 12.7. The smallest absolute Gasteiger partial charge is 0.350 e. The van der Waals surface area contributed by atoms with E-state index in [9.17, 15) is 27.2 Å². The van der Waals surface area contributed by atoms with Gasteiger partial charge in [-0.15, -0.1) is 0 Å². The first-order valence-corrected chi connectivity index (χ1v) is 9.65. The van der Waals surface area contributed by atoms with Crippen LogP contribution in [-0.4, -0.2) is 15.5 Å². The first-order valence-electron chi connectivity index (χ1n) is 9.65. The largest absolute Gasteiger partial charge is 0.438 e. The van der Waals surface area contributed by atoms with Crippen molar-refractivity contribution in [1.82, 2.24) is 14.9 Å². The molecule has 3 aromatic rings. The van der Waals surface area contributed by atoms with E-state index >= 15 is 0 Å². The highest BCUT2D eigenvalue weighted by molar-refractivity contribution is 5.84. The number of fused-ring (bicyclic) bond motifs is 1. The number of aromatic nitrogens is 2. The quantitative estimate of drug-likeness (QED) is 0.603. The Labute approximate surface area is 175 Å². The molecular formula is C22H21F4N3O2. The van der Waals surface area contributed by atoms with Crippen molar-refractivity contribution >= 4 is 16.9 Å². The zero-order chi connectivity index (χ0) is 22.9. The van der Waals surface area contributed by atoms with E-state index in [0.29, 0.717) is 11.1 Å². The molecule has 0 radical (unpaired) electrons. The lowest BCUT2D eigenvalue weighted by molar-refractivity contribution is -0.142. The van der Waals surface area contributed by atoms with E-state index in [1.165, 1.54) is 30.3 Å². The Morgan fingerprint density at radius 3 is 2.32 bits per heavy atom. The van der Waals surface area contributed by atoms with Gasteiger partial charge in [0.2, 0.25) is 11.6 Å². The molecule has 0 aliphatic rings. The van der Waals surface area contributed by atoms with E-state index in [-0.39, 0.29) is 24.0 Å². The third-order valence-electron chi connectivity index (χ3n) is 5.15. The number of halogens is 4.